The molecule has 1 aromatic heterocycles. The minimum absolute atomic E-state index is 0.229. The summed E-state index contributed by atoms with van der Waals surface area (Å²) in [6, 6.07) is 7.79. The molecule has 2 aromatic rings. The van der Waals surface area contributed by atoms with E-state index in [0.29, 0.717) is 5.56 Å². The standard InChI is InChI=1S/C16H19F3N4/c1-11(23-8-3-4-9-23)12-6-5-7-13(10-12)14-20-15(16(17,18)19)21-22(14)2/h5-7,10-11H,3-4,8-9H2,1-2H3. The Balaban J connectivity index is 1.92. The molecule has 0 spiro atoms. The number of likely N-dealkylation sites (tertiary alicyclic amines) is 1. The summed E-state index contributed by atoms with van der Waals surface area (Å²) in [6.07, 6.45) is -2.14. The van der Waals surface area contributed by atoms with Crippen LogP contribution in [0.4, 0.5) is 13.2 Å². The fourth-order valence-electron chi connectivity index (χ4n) is 3.03. The van der Waals surface area contributed by atoms with E-state index in [9.17, 15) is 13.2 Å². The molecule has 124 valence electrons. The second-order valence-electron chi connectivity index (χ2n) is 5.92. The van der Waals surface area contributed by atoms with E-state index in [-0.39, 0.29) is 11.9 Å². The first-order valence-corrected chi connectivity index (χ1v) is 7.69. The first-order valence-electron chi connectivity index (χ1n) is 7.69. The topological polar surface area (TPSA) is 34.0 Å². The molecule has 1 saturated heterocycles. The quantitative estimate of drug-likeness (QED) is 0.864. The average molecular weight is 324 g/mol. The second-order valence-corrected chi connectivity index (χ2v) is 5.92. The Kier molecular flexibility index (Phi) is 4.14. The monoisotopic (exact) mass is 324 g/mol. The SMILES string of the molecule is CC(c1cccc(-c2nc(C(F)(F)F)nn2C)c1)N1CCCC1. The number of alkyl halides is 3. The summed E-state index contributed by atoms with van der Waals surface area (Å²) in [4.78, 5) is 6.05. The number of hydrogen-bond donors (Lipinski definition) is 0. The Hall–Kier alpha value is -1.89. The molecule has 0 radical (unpaired) electrons. The molecule has 0 N–H and O–H groups in total. The lowest BCUT2D eigenvalue weighted by atomic mass is 10.0. The smallest absolute Gasteiger partial charge is 0.297 e. The maximum absolute atomic E-state index is 12.8. The van der Waals surface area contributed by atoms with Gasteiger partial charge in [-0.15, -0.1) is 5.10 Å². The molecule has 0 amide bonds. The molecule has 3 rings (SSSR count). The highest BCUT2D eigenvalue weighted by molar-refractivity contribution is 5.56. The third-order valence-corrected chi connectivity index (χ3v) is 4.33. The highest BCUT2D eigenvalue weighted by Crippen LogP contribution is 2.30. The summed E-state index contributed by atoms with van der Waals surface area (Å²) in [5, 5.41) is 3.48. The predicted molar refractivity (Wildman–Crippen MR) is 80.7 cm³/mol. The molecule has 0 saturated carbocycles. The Bertz CT molecular complexity index is 687. The summed E-state index contributed by atoms with van der Waals surface area (Å²) in [7, 11) is 1.48. The minimum atomic E-state index is -4.53. The van der Waals surface area contributed by atoms with Crippen molar-refractivity contribution in [3.8, 4) is 11.4 Å². The first-order chi connectivity index (χ1) is 10.9. The molecule has 4 nitrogen and oxygen atoms in total. The van der Waals surface area contributed by atoms with Crippen LogP contribution in [0.2, 0.25) is 0 Å². The lowest BCUT2D eigenvalue weighted by Gasteiger charge is -2.24. The molecule has 0 bridgehead atoms. The van der Waals surface area contributed by atoms with Gasteiger partial charge in [0, 0.05) is 18.7 Å². The summed E-state index contributed by atoms with van der Waals surface area (Å²) in [5.41, 5.74) is 1.74. The van der Waals surface area contributed by atoms with Gasteiger partial charge in [0.05, 0.1) is 0 Å². The zero-order chi connectivity index (χ0) is 16.6. The normalized spacial score (nSPS) is 17.6. The fourth-order valence-corrected chi connectivity index (χ4v) is 3.03. The largest absolute Gasteiger partial charge is 0.453 e. The molecule has 0 aliphatic carbocycles. The molecule has 1 unspecified atom stereocenters. The summed E-state index contributed by atoms with van der Waals surface area (Å²) in [6.45, 7) is 4.25. The van der Waals surface area contributed by atoms with Gasteiger partial charge in [-0.05, 0) is 44.5 Å². The van der Waals surface area contributed by atoms with Crippen LogP contribution in [0.5, 0.6) is 0 Å². The zero-order valence-corrected chi connectivity index (χ0v) is 13.1. The molecule has 1 atom stereocenters. The van der Waals surface area contributed by atoms with E-state index in [4.69, 9.17) is 0 Å². The van der Waals surface area contributed by atoms with Crippen molar-refractivity contribution in [3.05, 3.63) is 35.7 Å². The second kappa shape index (κ2) is 5.96. The van der Waals surface area contributed by atoms with Crippen LogP contribution in [0, 0.1) is 0 Å². The third kappa shape index (κ3) is 3.24. The van der Waals surface area contributed by atoms with Crippen molar-refractivity contribution in [1.82, 2.24) is 19.7 Å². The highest BCUT2D eigenvalue weighted by Gasteiger charge is 2.37. The Morgan fingerprint density at radius 2 is 1.87 bits per heavy atom. The molecule has 7 heteroatoms. The molecule has 1 aromatic carbocycles. The van der Waals surface area contributed by atoms with Gasteiger partial charge >= 0.3 is 6.18 Å². The van der Waals surface area contributed by atoms with Crippen LogP contribution in [0.1, 0.15) is 37.2 Å². The van der Waals surface area contributed by atoms with Crippen molar-refractivity contribution in [3.63, 3.8) is 0 Å². The lowest BCUT2D eigenvalue weighted by molar-refractivity contribution is -0.144. The van der Waals surface area contributed by atoms with Crippen LogP contribution in [0.3, 0.4) is 0 Å². The highest BCUT2D eigenvalue weighted by atomic mass is 19.4. The maximum Gasteiger partial charge on any atom is 0.453 e. The van der Waals surface area contributed by atoms with Crippen molar-refractivity contribution in [2.75, 3.05) is 13.1 Å². The van der Waals surface area contributed by atoms with E-state index < -0.39 is 12.0 Å². The predicted octanol–water partition coefficient (Wildman–Crippen LogP) is 3.66. The van der Waals surface area contributed by atoms with Gasteiger partial charge in [-0.1, -0.05) is 18.2 Å². The van der Waals surface area contributed by atoms with Gasteiger partial charge in [-0.3, -0.25) is 4.90 Å². The summed E-state index contributed by atoms with van der Waals surface area (Å²) in [5.74, 6) is -0.874. The van der Waals surface area contributed by atoms with Crippen molar-refractivity contribution >= 4 is 0 Å². The summed E-state index contributed by atoms with van der Waals surface area (Å²) < 4.78 is 39.5. The van der Waals surface area contributed by atoms with Crippen LogP contribution in [0.25, 0.3) is 11.4 Å². The lowest BCUT2D eigenvalue weighted by Crippen LogP contribution is -2.23. The van der Waals surface area contributed by atoms with Crippen molar-refractivity contribution in [1.29, 1.82) is 0 Å². The van der Waals surface area contributed by atoms with Gasteiger partial charge in [0.1, 0.15) is 0 Å². The van der Waals surface area contributed by atoms with E-state index in [2.05, 4.69) is 21.9 Å². The van der Waals surface area contributed by atoms with E-state index in [1.807, 2.05) is 18.2 Å². The average Bonchev–Trinajstić information content (AvgIpc) is 3.15. The minimum Gasteiger partial charge on any atom is -0.297 e. The van der Waals surface area contributed by atoms with Crippen LogP contribution in [-0.2, 0) is 13.2 Å². The number of halogens is 3. The van der Waals surface area contributed by atoms with Crippen molar-refractivity contribution < 1.29 is 13.2 Å². The number of nitrogens with zero attached hydrogens (tertiary/aromatic N) is 4. The number of hydrogen-bond acceptors (Lipinski definition) is 3. The molecular weight excluding hydrogens is 305 g/mol. The number of aryl methyl sites for hydroxylation is 1. The van der Waals surface area contributed by atoms with Gasteiger partial charge in [0.2, 0.25) is 0 Å². The van der Waals surface area contributed by atoms with Crippen LogP contribution >= 0.6 is 0 Å². The van der Waals surface area contributed by atoms with Crippen molar-refractivity contribution in [2.24, 2.45) is 7.05 Å². The fraction of sp³-hybridized carbons (Fsp3) is 0.500. The van der Waals surface area contributed by atoms with Gasteiger partial charge in [0.15, 0.2) is 5.82 Å². The Labute approximate surface area is 132 Å². The molecule has 1 fully saturated rings. The van der Waals surface area contributed by atoms with E-state index in [0.717, 1.165) is 18.7 Å². The zero-order valence-electron chi connectivity index (χ0n) is 13.1. The molecule has 1 aliphatic heterocycles. The van der Waals surface area contributed by atoms with Crippen LogP contribution < -0.4 is 0 Å². The van der Waals surface area contributed by atoms with Crippen molar-refractivity contribution in [2.45, 2.75) is 32.0 Å². The number of benzene rings is 1. The molecule has 2 heterocycles. The van der Waals surface area contributed by atoms with Gasteiger partial charge < -0.3 is 0 Å². The number of rotatable bonds is 3. The van der Waals surface area contributed by atoms with Crippen LogP contribution in [0.15, 0.2) is 24.3 Å². The third-order valence-electron chi connectivity index (χ3n) is 4.33. The van der Waals surface area contributed by atoms with Gasteiger partial charge in [-0.2, -0.15) is 13.2 Å². The molecular formula is C16H19F3N4. The van der Waals surface area contributed by atoms with Gasteiger partial charge in [0.25, 0.3) is 5.82 Å². The Morgan fingerprint density at radius 1 is 1.17 bits per heavy atom. The summed E-state index contributed by atoms with van der Waals surface area (Å²) >= 11 is 0. The van der Waals surface area contributed by atoms with Crippen LogP contribution in [-0.4, -0.2) is 32.8 Å². The van der Waals surface area contributed by atoms with E-state index in [1.54, 1.807) is 6.07 Å². The molecule has 1 aliphatic rings. The number of aromatic nitrogens is 3. The van der Waals surface area contributed by atoms with Gasteiger partial charge in [-0.25, -0.2) is 9.67 Å². The van der Waals surface area contributed by atoms with E-state index in [1.165, 1.54) is 24.6 Å². The first kappa shape index (κ1) is 16.0. The Morgan fingerprint density at radius 3 is 2.48 bits per heavy atom. The van der Waals surface area contributed by atoms with E-state index >= 15 is 0 Å². The maximum atomic E-state index is 12.8. The molecule has 23 heavy (non-hydrogen) atoms.